The lowest BCUT2D eigenvalue weighted by atomic mass is 9.89. The van der Waals surface area contributed by atoms with E-state index in [9.17, 15) is 0 Å². The van der Waals surface area contributed by atoms with Gasteiger partial charge in [0.25, 0.3) is 0 Å². The maximum atomic E-state index is 5.41. The van der Waals surface area contributed by atoms with Crippen LogP contribution < -0.4 is 4.74 Å². The molecule has 1 fully saturated rings. The number of unbranched alkanes of at least 4 members (excludes halogenated alkanes) is 1. The third-order valence-electron chi connectivity index (χ3n) is 6.34. The van der Waals surface area contributed by atoms with Crippen molar-refractivity contribution in [2.75, 3.05) is 26.7 Å². The van der Waals surface area contributed by atoms with E-state index in [2.05, 4.69) is 59.3 Å². The molecule has 2 aromatic carbocycles. The van der Waals surface area contributed by atoms with Gasteiger partial charge in [0.15, 0.2) is 0 Å². The number of aromatic amines is 1. The zero-order valence-corrected chi connectivity index (χ0v) is 17.2. The minimum Gasteiger partial charge on any atom is -0.497 e. The predicted molar refractivity (Wildman–Crippen MR) is 117 cm³/mol. The van der Waals surface area contributed by atoms with Crippen molar-refractivity contribution in [2.45, 2.75) is 44.9 Å². The number of aryl methyl sites for hydroxylation is 2. The molecular weight excluding hydrogens is 344 g/mol. The van der Waals surface area contributed by atoms with Crippen LogP contribution in [0.5, 0.6) is 5.75 Å². The van der Waals surface area contributed by atoms with Gasteiger partial charge in [-0.2, -0.15) is 0 Å². The largest absolute Gasteiger partial charge is 0.497 e. The Kier molecular flexibility index (Phi) is 6.01. The van der Waals surface area contributed by atoms with Crippen molar-refractivity contribution >= 4 is 10.9 Å². The minimum absolute atomic E-state index is 0.751. The zero-order valence-electron chi connectivity index (χ0n) is 17.2. The number of aromatic nitrogens is 1. The van der Waals surface area contributed by atoms with Crippen molar-refractivity contribution in [2.24, 2.45) is 0 Å². The predicted octanol–water partition coefficient (Wildman–Crippen LogP) is 5.69. The first-order chi connectivity index (χ1) is 13.7. The molecule has 0 atom stereocenters. The Morgan fingerprint density at radius 2 is 1.82 bits per heavy atom. The summed E-state index contributed by atoms with van der Waals surface area (Å²) in [4.78, 5) is 6.18. The highest BCUT2D eigenvalue weighted by molar-refractivity contribution is 5.86. The van der Waals surface area contributed by atoms with Gasteiger partial charge >= 0.3 is 0 Å². The molecule has 1 saturated heterocycles. The van der Waals surface area contributed by atoms with E-state index in [0.29, 0.717) is 0 Å². The maximum Gasteiger partial charge on any atom is 0.119 e. The van der Waals surface area contributed by atoms with E-state index in [1.165, 1.54) is 73.0 Å². The second-order valence-corrected chi connectivity index (χ2v) is 8.12. The lowest BCUT2D eigenvalue weighted by Crippen LogP contribution is -2.33. The van der Waals surface area contributed by atoms with Crippen LogP contribution in [0.25, 0.3) is 10.9 Å². The molecule has 0 spiro atoms. The van der Waals surface area contributed by atoms with Crippen LogP contribution in [0.15, 0.2) is 48.5 Å². The van der Waals surface area contributed by atoms with Crippen LogP contribution in [0.4, 0.5) is 0 Å². The van der Waals surface area contributed by atoms with Gasteiger partial charge in [-0.15, -0.1) is 0 Å². The summed E-state index contributed by atoms with van der Waals surface area (Å²) < 4.78 is 5.41. The van der Waals surface area contributed by atoms with Gasteiger partial charge in [0.1, 0.15) is 5.75 Å². The number of piperidine rings is 1. The molecular formula is C25H32N2O. The summed E-state index contributed by atoms with van der Waals surface area (Å²) in [6, 6.07) is 17.4. The van der Waals surface area contributed by atoms with E-state index >= 15 is 0 Å². The van der Waals surface area contributed by atoms with E-state index in [1.807, 2.05) is 6.07 Å². The number of nitrogens with zero attached hydrogens (tertiary/aromatic N) is 1. The maximum absolute atomic E-state index is 5.41. The number of hydrogen-bond donors (Lipinski definition) is 1. The fourth-order valence-electron chi connectivity index (χ4n) is 4.66. The van der Waals surface area contributed by atoms with Gasteiger partial charge in [-0.1, -0.05) is 30.3 Å². The molecule has 0 radical (unpaired) electrons. The Hall–Kier alpha value is -2.26. The van der Waals surface area contributed by atoms with Crippen LogP contribution in [0.1, 0.15) is 48.4 Å². The summed E-state index contributed by atoms with van der Waals surface area (Å²) in [7, 11) is 1.74. The number of fused-ring (bicyclic) bond motifs is 1. The van der Waals surface area contributed by atoms with Crippen molar-refractivity contribution in [3.63, 3.8) is 0 Å². The second kappa shape index (κ2) is 8.83. The fraction of sp³-hybridized carbons (Fsp3) is 0.440. The van der Waals surface area contributed by atoms with E-state index in [0.717, 1.165) is 18.1 Å². The van der Waals surface area contributed by atoms with Gasteiger partial charge in [-0.25, -0.2) is 0 Å². The smallest absolute Gasteiger partial charge is 0.119 e. The molecule has 4 rings (SSSR count). The first-order valence-corrected chi connectivity index (χ1v) is 10.7. The molecule has 0 aliphatic carbocycles. The summed E-state index contributed by atoms with van der Waals surface area (Å²) in [6.07, 6.45) is 6.24. The van der Waals surface area contributed by atoms with Gasteiger partial charge in [0, 0.05) is 16.6 Å². The third-order valence-corrected chi connectivity index (χ3v) is 6.34. The Bertz CT molecular complexity index is 892. The molecule has 0 amide bonds. The van der Waals surface area contributed by atoms with Gasteiger partial charge < -0.3 is 14.6 Å². The summed E-state index contributed by atoms with van der Waals surface area (Å²) in [5.74, 6) is 1.69. The number of rotatable bonds is 7. The number of methoxy groups -OCH3 is 1. The minimum atomic E-state index is 0.751. The highest BCUT2D eigenvalue weighted by Gasteiger charge is 2.20. The zero-order chi connectivity index (χ0) is 19.3. The lowest BCUT2D eigenvalue weighted by molar-refractivity contribution is 0.209. The normalized spacial score (nSPS) is 15.9. The molecule has 1 aliphatic rings. The standard InChI is InChI=1S/C25H32N2O/c1-19-23(24-18-22(28-2)11-12-25(24)26-19)10-6-7-15-27-16-13-21(14-17-27)20-8-4-3-5-9-20/h3-5,8-9,11-12,18,21,26H,6-7,10,13-17H2,1-2H3. The van der Waals surface area contributed by atoms with Crippen molar-refractivity contribution < 1.29 is 4.74 Å². The van der Waals surface area contributed by atoms with Crippen LogP contribution in [0, 0.1) is 6.92 Å². The number of nitrogens with one attached hydrogen (secondary N) is 1. The van der Waals surface area contributed by atoms with Crippen molar-refractivity contribution in [1.82, 2.24) is 9.88 Å². The topological polar surface area (TPSA) is 28.3 Å². The Morgan fingerprint density at radius 1 is 1.04 bits per heavy atom. The molecule has 148 valence electrons. The molecule has 1 aliphatic heterocycles. The highest BCUT2D eigenvalue weighted by Crippen LogP contribution is 2.29. The molecule has 1 N–H and O–H groups in total. The third kappa shape index (κ3) is 4.25. The van der Waals surface area contributed by atoms with Gasteiger partial charge in [-0.05, 0) is 93.9 Å². The molecule has 0 saturated carbocycles. The number of hydrogen-bond acceptors (Lipinski definition) is 2. The van der Waals surface area contributed by atoms with E-state index < -0.39 is 0 Å². The molecule has 0 bridgehead atoms. The van der Waals surface area contributed by atoms with Crippen LogP contribution >= 0.6 is 0 Å². The number of ether oxygens (including phenoxy) is 1. The van der Waals surface area contributed by atoms with Crippen molar-refractivity contribution in [3.8, 4) is 5.75 Å². The molecule has 3 aromatic rings. The molecule has 0 unspecified atom stereocenters. The first-order valence-electron chi connectivity index (χ1n) is 10.7. The van der Waals surface area contributed by atoms with Gasteiger partial charge in [-0.3, -0.25) is 0 Å². The van der Waals surface area contributed by atoms with Gasteiger partial charge in [0.05, 0.1) is 7.11 Å². The Morgan fingerprint density at radius 3 is 2.57 bits per heavy atom. The Balaban J connectivity index is 1.25. The van der Waals surface area contributed by atoms with Crippen LogP contribution in [-0.2, 0) is 6.42 Å². The van der Waals surface area contributed by atoms with Crippen molar-refractivity contribution in [1.29, 1.82) is 0 Å². The van der Waals surface area contributed by atoms with Crippen LogP contribution in [0.3, 0.4) is 0 Å². The summed E-state index contributed by atoms with van der Waals surface area (Å²) in [5, 5.41) is 1.32. The SMILES string of the molecule is COc1ccc2[nH]c(C)c(CCCCN3CCC(c4ccccc4)CC3)c2c1. The monoisotopic (exact) mass is 376 g/mol. The van der Waals surface area contributed by atoms with Crippen molar-refractivity contribution in [3.05, 3.63) is 65.4 Å². The van der Waals surface area contributed by atoms with Crippen LogP contribution in [0.2, 0.25) is 0 Å². The lowest BCUT2D eigenvalue weighted by Gasteiger charge is -2.32. The number of likely N-dealkylation sites (tertiary alicyclic amines) is 1. The average molecular weight is 377 g/mol. The summed E-state index contributed by atoms with van der Waals surface area (Å²) in [6.45, 7) is 5.90. The summed E-state index contributed by atoms with van der Waals surface area (Å²) in [5.41, 5.74) is 5.49. The highest BCUT2D eigenvalue weighted by atomic mass is 16.5. The quantitative estimate of drug-likeness (QED) is 0.537. The fourth-order valence-corrected chi connectivity index (χ4v) is 4.66. The summed E-state index contributed by atoms with van der Waals surface area (Å²) >= 11 is 0. The van der Waals surface area contributed by atoms with E-state index in [1.54, 1.807) is 7.11 Å². The number of H-pyrrole nitrogens is 1. The molecule has 3 nitrogen and oxygen atoms in total. The molecule has 2 heterocycles. The molecule has 28 heavy (non-hydrogen) atoms. The van der Waals surface area contributed by atoms with Crippen LogP contribution in [-0.4, -0.2) is 36.6 Å². The number of benzene rings is 2. The van der Waals surface area contributed by atoms with E-state index in [-0.39, 0.29) is 0 Å². The molecule has 1 aromatic heterocycles. The molecule has 3 heteroatoms. The van der Waals surface area contributed by atoms with Gasteiger partial charge in [0.2, 0.25) is 0 Å². The second-order valence-electron chi connectivity index (χ2n) is 8.12. The first kappa shape index (κ1) is 19.1. The Labute approximate surface area is 168 Å². The average Bonchev–Trinajstić information content (AvgIpc) is 3.06. The van der Waals surface area contributed by atoms with E-state index in [4.69, 9.17) is 4.74 Å².